The molecule has 0 saturated heterocycles. The molecule has 1 heterocycles. The number of aromatic nitrogens is 1. The number of nitrogens with two attached hydrogens (primary N) is 1. The highest BCUT2D eigenvalue weighted by Crippen LogP contribution is 2.40. The van der Waals surface area contributed by atoms with Crippen molar-refractivity contribution < 1.29 is 9.53 Å². The molecule has 0 aliphatic rings. The number of methoxy groups -OCH3 is 1. The number of benzene rings is 1. The third-order valence-electron chi connectivity index (χ3n) is 2.58. The number of pyridine rings is 1. The van der Waals surface area contributed by atoms with E-state index in [-0.39, 0.29) is 5.69 Å². The molecule has 0 atom stereocenters. The first-order valence-electron chi connectivity index (χ1n) is 5.32. The Balaban J connectivity index is 2.67. The van der Waals surface area contributed by atoms with E-state index >= 15 is 0 Å². The number of hydrogen-bond acceptors (Lipinski definition) is 3. The van der Waals surface area contributed by atoms with Gasteiger partial charge in [0.25, 0.3) is 5.91 Å². The first-order chi connectivity index (χ1) is 9.04. The Bertz CT molecular complexity index is 645. The zero-order chi connectivity index (χ0) is 14.0. The topological polar surface area (TPSA) is 65.2 Å². The van der Waals surface area contributed by atoms with E-state index in [9.17, 15) is 4.79 Å². The summed E-state index contributed by atoms with van der Waals surface area (Å²) in [4.78, 5) is 15.0. The quantitative estimate of drug-likeness (QED) is 0.946. The third-order valence-corrected chi connectivity index (χ3v) is 3.38. The molecule has 1 aromatic heterocycles. The van der Waals surface area contributed by atoms with Crippen LogP contribution in [0.15, 0.2) is 30.5 Å². The van der Waals surface area contributed by atoms with E-state index in [1.807, 2.05) is 0 Å². The minimum Gasteiger partial charge on any atom is -0.496 e. The summed E-state index contributed by atoms with van der Waals surface area (Å²) in [6.07, 6.45) is 1.48. The smallest absolute Gasteiger partial charge is 0.267 e. The minimum absolute atomic E-state index is 0.149. The SMILES string of the molecule is COc1ccc(Cl)c(Cl)c1-c1ccnc(C(N)=O)c1. The molecule has 2 rings (SSSR count). The summed E-state index contributed by atoms with van der Waals surface area (Å²) in [5.41, 5.74) is 6.62. The van der Waals surface area contributed by atoms with Gasteiger partial charge >= 0.3 is 0 Å². The maximum absolute atomic E-state index is 11.2. The number of carbonyl (C=O) groups is 1. The first-order valence-corrected chi connectivity index (χ1v) is 6.08. The van der Waals surface area contributed by atoms with Gasteiger partial charge in [-0.05, 0) is 29.8 Å². The summed E-state index contributed by atoms with van der Waals surface area (Å²) < 4.78 is 5.26. The summed E-state index contributed by atoms with van der Waals surface area (Å²) in [7, 11) is 1.53. The van der Waals surface area contributed by atoms with Gasteiger partial charge < -0.3 is 10.5 Å². The lowest BCUT2D eigenvalue weighted by Crippen LogP contribution is -2.12. The molecule has 0 saturated carbocycles. The second kappa shape index (κ2) is 5.47. The number of rotatable bonds is 3. The highest BCUT2D eigenvalue weighted by molar-refractivity contribution is 6.44. The first kappa shape index (κ1) is 13.6. The summed E-state index contributed by atoms with van der Waals surface area (Å²) in [5, 5.41) is 0.748. The van der Waals surface area contributed by atoms with Gasteiger partial charge in [-0.15, -0.1) is 0 Å². The zero-order valence-electron chi connectivity index (χ0n) is 9.98. The fraction of sp³-hybridized carbons (Fsp3) is 0.0769. The molecule has 0 bridgehead atoms. The molecule has 0 fully saturated rings. The monoisotopic (exact) mass is 296 g/mol. The number of carbonyl (C=O) groups excluding carboxylic acids is 1. The van der Waals surface area contributed by atoms with Crippen LogP contribution in [0.25, 0.3) is 11.1 Å². The third kappa shape index (κ3) is 2.64. The molecule has 2 N–H and O–H groups in total. The Hall–Kier alpha value is -1.78. The number of amides is 1. The molecule has 0 radical (unpaired) electrons. The van der Waals surface area contributed by atoms with Crippen molar-refractivity contribution in [1.82, 2.24) is 4.98 Å². The molecule has 0 spiro atoms. The van der Waals surface area contributed by atoms with Crippen LogP contribution in [0.4, 0.5) is 0 Å². The number of ether oxygens (including phenoxy) is 1. The van der Waals surface area contributed by atoms with E-state index in [4.69, 9.17) is 33.7 Å². The van der Waals surface area contributed by atoms with Gasteiger partial charge in [0.05, 0.1) is 17.2 Å². The normalized spacial score (nSPS) is 10.3. The van der Waals surface area contributed by atoms with E-state index < -0.39 is 5.91 Å². The highest BCUT2D eigenvalue weighted by atomic mass is 35.5. The van der Waals surface area contributed by atoms with Crippen molar-refractivity contribution in [1.29, 1.82) is 0 Å². The van der Waals surface area contributed by atoms with Crippen molar-refractivity contribution in [2.45, 2.75) is 0 Å². The van der Waals surface area contributed by atoms with Crippen LogP contribution in [0.2, 0.25) is 10.0 Å². The van der Waals surface area contributed by atoms with Gasteiger partial charge in [0, 0.05) is 11.8 Å². The average Bonchev–Trinajstić information content (AvgIpc) is 2.41. The van der Waals surface area contributed by atoms with Gasteiger partial charge in [0.15, 0.2) is 0 Å². The lowest BCUT2D eigenvalue weighted by atomic mass is 10.0. The Kier molecular flexibility index (Phi) is 3.93. The van der Waals surface area contributed by atoms with Crippen molar-refractivity contribution in [3.8, 4) is 16.9 Å². The molecule has 0 aliphatic heterocycles. The fourth-order valence-corrected chi connectivity index (χ4v) is 2.12. The van der Waals surface area contributed by atoms with Crippen LogP contribution in [-0.2, 0) is 0 Å². The molecule has 19 heavy (non-hydrogen) atoms. The van der Waals surface area contributed by atoms with Crippen LogP contribution >= 0.6 is 23.2 Å². The van der Waals surface area contributed by atoms with Crippen LogP contribution in [0.3, 0.4) is 0 Å². The number of hydrogen-bond donors (Lipinski definition) is 1. The Morgan fingerprint density at radius 2 is 2.05 bits per heavy atom. The number of nitrogens with zero attached hydrogens (tertiary/aromatic N) is 1. The fourth-order valence-electron chi connectivity index (χ4n) is 1.69. The van der Waals surface area contributed by atoms with Gasteiger partial charge in [-0.3, -0.25) is 9.78 Å². The van der Waals surface area contributed by atoms with Crippen molar-refractivity contribution in [3.05, 3.63) is 46.2 Å². The second-order valence-corrected chi connectivity index (χ2v) is 4.52. The molecule has 1 amide bonds. The Morgan fingerprint density at radius 1 is 1.32 bits per heavy atom. The van der Waals surface area contributed by atoms with E-state index in [1.54, 1.807) is 24.3 Å². The maximum atomic E-state index is 11.2. The lowest BCUT2D eigenvalue weighted by Gasteiger charge is -2.12. The lowest BCUT2D eigenvalue weighted by molar-refractivity contribution is 0.0995. The van der Waals surface area contributed by atoms with Crippen LogP contribution in [-0.4, -0.2) is 18.0 Å². The minimum atomic E-state index is -0.612. The van der Waals surface area contributed by atoms with Crippen molar-refractivity contribution in [2.24, 2.45) is 5.73 Å². The van der Waals surface area contributed by atoms with Crippen LogP contribution in [0, 0.1) is 0 Å². The highest BCUT2D eigenvalue weighted by Gasteiger charge is 2.15. The van der Waals surface area contributed by atoms with Crippen LogP contribution in [0.1, 0.15) is 10.5 Å². The van der Waals surface area contributed by atoms with Gasteiger partial charge in [0.2, 0.25) is 0 Å². The summed E-state index contributed by atoms with van der Waals surface area (Å²) in [5.74, 6) is -0.0602. The predicted octanol–water partition coefficient (Wildman–Crippen LogP) is 3.16. The maximum Gasteiger partial charge on any atom is 0.267 e. The Morgan fingerprint density at radius 3 is 2.68 bits per heavy atom. The van der Waals surface area contributed by atoms with Crippen molar-refractivity contribution in [3.63, 3.8) is 0 Å². The molecule has 4 nitrogen and oxygen atoms in total. The molecule has 2 aromatic rings. The van der Waals surface area contributed by atoms with Gasteiger partial charge in [-0.25, -0.2) is 0 Å². The molecular weight excluding hydrogens is 287 g/mol. The molecular formula is C13H10Cl2N2O2. The van der Waals surface area contributed by atoms with E-state index in [0.29, 0.717) is 26.9 Å². The van der Waals surface area contributed by atoms with Crippen molar-refractivity contribution in [2.75, 3.05) is 7.11 Å². The van der Waals surface area contributed by atoms with Crippen LogP contribution in [0.5, 0.6) is 5.75 Å². The van der Waals surface area contributed by atoms with Gasteiger partial charge in [-0.2, -0.15) is 0 Å². The van der Waals surface area contributed by atoms with Gasteiger partial charge in [-0.1, -0.05) is 23.2 Å². The average molecular weight is 297 g/mol. The summed E-state index contributed by atoms with van der Waals surface area (Å²) in [6, 6.07) is 6.59. The summed E-state index contributed by atoms with van der Waals surface area (Å²) >= 11 is 12.2. The van der Waals surface area contributed by atoms with Crippen LogP contribution < -0.4 is 10.5 Å². The summed E-state index contributed by atoms with van der Waals surface area (Å²) in [6.45, 7) is 0. The van der Waals surface area contributed by atoms with E-state index in [1.165, 1.54) is 13.3 Å². The largest absolute Gasteiger partial charge is 0.496 e. The molecule has 0 unspecified atom stereocenters. The Labute approximate surface area is 120 Å². The van der Waals surface area contributed by atoms with Crippen molar-refractivity contribution >= 4 is 29.1 Å². The van der Waals surface area contributed by atoms with Gasteiger partial charge in [0.1, 0.15) is 11.4 Å². The van der Waals surface area contributed by atoms with E-state index in [2.05, 4.69) is 4.98 Å². The van der Waals surface area contributed by atoms with E-state index in [0.717, 1.165) is 0 Å². The standard InChI is InChI=1S/C13H10Cl2N2O2/c1-19-10-3-2-8(14)12(15)11(10)7-4-5-17-9(6-7)13(16)18/h2-6H,1H3,(H2,16,18). The second-order valence-electron chi connectivity index (χ2n) is 3.73. The molecule has 1 aromatic carbocycles. The molecule has 98 valence electrons. The number of halogens is 2. The molecule has 0 aliphatic carbocycles. The molecule has 6 heteroatoms. The number of primary amides is 1. The predicted molar refractivity (Wildman–Crippen MR) is 74.8 cm³/mol. The zero-order valence-corrected chi connectivity index (χ0v) is 11.5.